The predicted molar refractivity (Wildman–Crippen MR) is 120 cm³/mol. The average Bonchev–Trinajstić information content (AvgIpc) is 3.10. The Hall–Kier alpha value is -1.35. The first-order chi connectivity index (χ1) is 14.4. The number of aromatic nitrogens is 1. The summed E-state index contributed by atoms with van der Waals surface area (Å²) in [5.41, 5.74) is 2.38. The average molecular weight is 410 g/mol. The molecular weight excluding hydrogens is 370 g/mol. The summed E-state index contributed by atoms with van der Waals surface area (Å²) in [5, 5.41) is 10.2. The van der Waals surface area contributed by atoms with Crippen molar-refractivity contribution >= 4 is 0 Å². The third-order valence-corrected chi connectivity index (χ3v) is 9.99. The number of aliphatic hydroxyl groups is 1. The van der Waals surface area contributed by atoms with E-state index >= 15 is 0 Å². The summed E-state index contributed by atoms with van der Waals surface area (Å²) >= 11 is 0. The Morgan fingerprint density at radius 1 is 1.17 bits per heavy atom. The summed E-state index contributed by atoms with van der Waals surface area (Å²) in [5.74, 6) is 4.74. The van der Waals surface area contributed by atoms with Crippen LogP contribution in [-0.2, 0) is 0 Å². The van der Waals surface area contributed by atoms with Crippen LogP contribution in [0.15, 0.2) is 36.2 Å². The maximum absolute atomic E-state index is 10.2. The van der Waals surface area contributed by atoms with Gasteiger partial charge in [-0.15, -0.1) is 0 Å². The minimum atomic E-state index is -0.105. The van der Waals surface area contributed by atoms with Crippen LogP contribution in [-0.4, -0.2) is 22.8 Å². The van der Waals surface area contributed by atoms with Crippen LogP contribution in [0.2, 0.25) is 0 Å². The molecular formula is C27H39NO2. The van der Waals surface area contributed by atoms with Crippen LogP contribution in [0.4, 0.5) is 0 Å². The number of rotatable bonds is 4. The van der Waals surface area contributed by atoms with E-state index in [1.807, 2.05) is 18.3 Å². The van der Waals surface area contributed by atoms with Gasteiger partial charge < -0.3 is 9.84 Å². The molecule has 5 rings (SSSR count). The first-order valence-corrected chi connectivity index (χ1v) is 12.3. The fourth-order valence-corrected chi connectivity index (χ4v) is 8.39. The van der Waals surface area contributed by atoms with Crippen LogP contribution in [0.5, 0.6) is 5.75 Å². The molecule has 30 heavy (non-hydrogen) atoms. The second-order valence-corrected chi connectivity index (χ2v) is 11.4. The molecule has 0 spiro atoms. The zero-order chi connectivity index (χ0) is 20.9. The molecule has 4 aliphatic carbocycles. The van der Waals surface area contributed by atoms with E-state index in [0.717, 1.165) is 48.9 Å². The molecule has 3 fully saturated rings. The number of nitrogens with zero attached hydrogens (tertiary/aromatic N) is 1. The van der Waals surface area contributed by atoms with E-state index in [4.69, 9.17) is 4.74 Å². The monoisotopic (exact) mass is 409 g/mol. The number of allylic oxidation sites excluding steroid dienone is 1. The molecule has 8 atom stereocenters. The van der Waals surface area contributed by atoms with Crippen molar-refractivity contribution in [2.24, 2.45) is 40.4 Å². The van der Waals surface area contributed by atoms with Gasteiger partial charge in [-0.1, -0.05) is 32.4 Å². The summed E-state index contributed by atoms with van der Waals surface area (Å²) in [6.45, 7) is 8.34. The number of hydrogen-bond acceptors (Lipinski definition) is 3. The SMILES string of the molecule is C[C@H](COc1cccnc1)[C@H]1CC[C@H]2[C@@H]3CC=C4C[C@@H](O)CC[C@]4(C)[C@H]3CC[C@]12C. The lowest BCUT2D eigenvalue weighted by molar-refractivity contribution is -0.0591. The van der Waals surface area contributed by atoms with Gasteiger partial charge in [0.05, 0.1) is 18.9 Å². The van der Waals surface area contributed by atoms with E-state index in [9.17, 15) is 5.11 Å². The molecule has 0 aromatic carbocycles. The Bertz CT molecular complexity index is 791. The highest BCUT2D eigenvalue weighted by Gasteiger charge is 2.59. The molecule has 1 N–H and O–H groups in total. The van der Waals surface area contributed by atoms with E-state index in [1.54, 1.807) is 11.8 Å². The molecule has 0 saturated heterocycles. The van der Waals surface area contributed by atoms with Crippen LogP contribution < -0.4 is 4.74 Å². The van der Waals surface area contributed by atoms with E-state index in [0.29, 0.717) is 16.7 Å². The third kappa shape index (κ3) is 3.23. The molecule has 3 heteroatoms. The molecule has 1 aromatic rings. The Morgan fingerprint density at radius 2 is 2.03 bits per heavy atom. The van der Waals surface area contributed by atoms with Gasteiger partial charge in [-0.2, -0.15) is 0 Å². The fourth-order valence-electron chi connectivity index (χ4n) is 8.39. The molecule has 4 aliphatic rings. The van der Waals surface area contributed by atoms with Crippen LogP contribution in [0.1, 0.15) is 72.1 Å². The van der Waals surface area contributed by atoms with Crippen molar-refractivity contribution in [2.45, 2.75) is 78.2 Å². The van der Waals surface area contributed by atoms with E-state index < -0.39 is 0 Å². The minimum Gasteiger partial charge on any atom is -0.492 e. The zero-order valence-corrected chi connectivity index (χ0v) is 19.0. The van der Waals surface area contributed by atoms with E-state index in [2.05, 4.69) is 31.8 Å². The largest absolute Gasteiger partial charge is 0.492 e. The Morgan fingerprint density at radius 3 is 2.83 bits per heavy atom. The van der Waals surface area contributed by atoms with Crippen molar-refractivity contribution < 1.29 is 9.84 Å². The van der Waals surface area contributed by atoms with Crippen LogP contribution in [0.3, 0.4) is 0 Å². The first-order valence-electron chi connectivity index (χ1n) is 12.3. The lowest BCUT2D eigenvalue weighted by Gasteiger charge is -2.58. The highest BCUT2D eigenvalue weighted by Crippen LogP contribution is 2.67. The molecule has 3 nitrogen and oxygen atoms in total. The second-order valence-electron chi connectivity index (χ2n) is 11.4. The second kappa shape index (κ2) is 7.65. The van der Waals surface area contributed by atoms with Crippen LogP contribution in [0, 0.1) is 40.4 Å². The molecule has 0 bridgehead atoms. The predicted octanol–water partition coefficient (Wildman–Crippen LogP) is 6.04. The Labute approximate surface area is 182 Å². The van der Waals surface area contributed by atoms with Crippen LogP contribution >= 0.6 is 0 Å². The zero-order valence-electron chi connectivity index (χ0n) is 19.0. The van der Waals surface area contributed by atoms with Gasteiger partial charge in [0.25, 0.3) is 0 Å². The Kier molecular flexibility index (Phi) is 5.24. The maximum atomic E-state index is 10.2. The van der Waals surface area contributed by atoms with E-state index in [1.165, 1.54) is 38.5 Å². The summed E-state index contributed by atoms with van der Waals surface area (Å²) in [4.78, 5) is 4.18. The highest BCUT2D eigenvalue weighted by molar-refractivity contribution is 5.25. The standard InChI is InChI=1S/C27H39NO2/c1-18(17-30-21-5-4-14-28-16-21)23-8-9-24-22-7-6-19-15-20(29)10-12-26(19,2)25(22)11-13-27(23,24)3/h4-6,14,16,18,20,22-25,29H,7-13,15,17H2,1-3H3/t18-,20+,22+,23-,24+,25+,26+,27-/m1/s1. The molecule has 1 aromatic heterocycles. The number of aliphatic hydroxyl groups excluding tert-OH is 1. The summed E-state index contributed by atoms with van der Waals surface area (Å²) in [6, 6.07) is 3.96. The van der Waals surface area contributed by atoms with Gasteiger partial charge in [0, 0.05) is 6.20 Å². The van der Waals surface area contributed by atoms with Crippen molar-refractivity contribution in [1.82, 2.24) is 4.98 Å². The van der Waals surface area contributed by atoms with Gasteiger partial charge in [0.15, 0.2) is 0 Å². The molecule has 164 valence electrons. The van der Waals surface area contributed by atoms with Gasteiger partial charge in [-0.05, 0) is 104 Å². The first kappa shape index (κ1) is 20.5. The van der Waals surface area contributed by atoms with E-state index in [-0.39, 0.29) is 6.10 Å². The summed E-state index contributed by atoms with van der Waals surface area (Å²) in [7, 11) is 0. The minimum absolute atomic E-state index is 0.105. The van der Waals surface area contributed by atoms with Gasteiger partial charge in [0.2, 0.25) is 0 Å². The Balaban J connectivity index is 1.31. The number of ether oxygens (including phenoxy) is 1. The van der Waals surface area contributed by atoms with Crippen LogP contribution in [0.25, 0.3) is 0 Å². The molecule has 0 unspecified atom stereocenters. The van der Waals surface area contributed by atoms with Gasteiger partial charge in [-0.25, -0.2) is 0 Å². The van der Waals surface area contributed by atoms with Gasteiger partial charge >= 0.3 is 0 Å². The smallest absolute Gasteiger partial charge is 0.137 e. The quantitative estimate of drug-likeness (QED) is 0.617. The number of pyridine rings is 1. The normalized spacial score (nSPS) is 43.7. The molecule has 0 amide bonds. The van der Waals surface area contributed by atoms with Gasteiger partial charge in [0.1, 0.15) is 5.75 Å². The van der Waals surface area contributed by atoms with Crippen molar-refractivity contribution in [2.75, 3.05) is 6.61 Å². The topological polar surface area (TPSA) is 42.4 Å². The highest BCUT2D eigenvalue weighted by atomic mass is 16.5. The summed E-state index contributed by atoms with van der Waals surface area (Å²) in [6.07, 6.45) is 15.9. The number of fused-ring (bicyclic) bond motifs is 5. The lowest BCUT2D eigenvalue weighted by atomic mass is 9.47. The lowest BCUT2D eigenvalue weighted by Crippen LogP contribution is -2.51. The number of hydrogen-bond donors (Lipinski definition) is 1. The van der Waals surface area contributed by atoms with Crippen molar-refractivity contribution in [1.29, 1.82) is 0 Å². The fraction of sp³-hybridized carbons (Fsp3) is 0.741. The summed E-state index contributed by atoms with van der Waals surface area (Å²) < 4.78 is 6.11. The maximum Gasteiger partial charge on any atom is 0.137 e. The molecule has 0 aliphatic heterocycles. The van der Waals surface area contributed by atoms with Gasteiger partial charge in [-0.3, -0.25) is 4.98 Å². The third-order valence-electron chi connectivity index (χ3n) is 9.99. The molecule has 1 heterocycles. The van der Waals surface area contributed by atoms with Crippen molar-refractivity contribution in [3.8, 4) is 5.75 Å². The molecule has 0 radical (unpaired) electrons. The molecule has 3 saturated carbocycles. The van der Waals surface area contributed by atoms with Crippen molar-refractivity contribution in [3.05, 3.63) is 36.2 Å². The van der Waals surface area contributed by atoms with Crippen molar-refractivity contribution in [3.63, 3.8) is 0 Å².